The number of methoxy groups -OCH3 is 1. The van der Waals surface area contributed by atoms with Crippen LogP contribution in [0.2, 0.25) is 0 Å². The Labute approximate surface area is 114 Å². The number of carbonyl (C=O) groups excluding carboxylic acids is 1. The molecule has 4 heteroatoms. The van der Waals surface area contributed by atoms with Crippen molar-refractivity contribution in [3.63, 3.8) is 0 Å². The standard InChI is InChI=1S/C15H22N2O2/c1-19-15(18)14(12-6-3-2-4-7-12)11-17-9-5-8-13(17)10-16/h2-4,6-7,13-14H,5,8-11,16H2,1H3. The molecule has 2 N–H and O–H groups in total. The van der Waals surface area contributed by atoms with E-state index >= 15 is 0 Å². The van der Waals surface area contributed by atoms with Crippen molar-refractivity contribution < 1.29 is 9.53 Å². The molecule has 19 heavy (non-hydrogen) atoms. The molecular weight excluding hydrogens is 240 g/mol. The van der Waals surface area contributed by atoms with Crippen molar-refractivity contribution in [2.75, 3.05) is 26.7 Å². The number of hydrogen-bond donors (Lipinski definition) is 1. The predicted octanol–water partition coefficient (Wildman–Crippen LogP) is 1.37. The minimum absolute atomic E-state index is 0.172. The van der Waals surface area contributed by atoms with Gasteiger partial charge in [-0.3, -0.25) is 9.69 Å². The fraction of sp³-hybridized carbons (Fsp3) is 0.533. The maximum Gasteiger partial charge on any atom is 0.314 e. The maximum atomic E-state index is 12.0. The van der Waals surface area contributed by atoms with E-state index in [4.69, 9.17) is 10.5 Å². The molecular formula is C15H22N2O2. The second-order valence-corrected chi connectivity index (χ2v) is 5.01. The highest BCUT2D eigenvalue weighted by Gasteiger charge is 2.30. The van der Waals surface area contributed by atoms with E-state index in [1.54, 1.807) is 0 Å². The Morgan fingerprint density at radius 3 is 2.84 bits per heavy atom. The Kier molecular flexibility index (Phi) is 4.93. The average molecular weight is 262 g/mol. The molecule has 2 atom stereocenters. The van der Waals surface area contributed by atoms with Crippen LogP contribution in [-0.2, 0) is 9.53 Å². The molecule has 1 aromatic carbocycles. The molecule has 2 rings (SSSR count). The molecule has 0 amide bonds. The molecule has 0 aromatic heterocycles. The number of ether oxygens (including phenoxy) is 1. The number of hydrogen-bond acceptors (Lipinski definition) is 4. The molecule has 1 aromatic rings. The summed E-state index contributed by atoms with van der Waals surface area (Å²) in [6.45, 7) is 2.36. The molecule has 0 saturated carbocycles. The molecule has 0 bridgehead atoms. The molecule has 2 unspecified atom stereocenters. The average Bonchev–Trinajstić information content (AvgIpc) is 2.92. The molecule has 1 heterocycles. The van der Waals surface area contributed by atoms with Crippen LogP contribution in [0.4, 0.5) is 0 Å². The zero-order valence-corrected chi connectivity index (χ0v) is 11.4. The van der Waals surface area contributed by atoms with Gasteiger partial charge < -0.3 is 10.5 Å². The van der Waals surface area contributed by atoms with E-state index in [1.165, 1.54) is 7.11 Å². The van der Waals surface area contributed by atoms with Crippen LogP contribution in [-0.4, -0.2) is 43.7 Å². The minimum atomic E-state index is -0.224. The molecule has 1 fully saturated rings. The summed E-state index contributed by atoms with van der Waals surface area (Å²) in [6.07, 6.45) is 2.28. The van der Waals surface area contributed by atoms with Gasteiger partial charge in [-0.1, -0.05) is 30.3 Å². The zero-order valence-electron chi connectivity index (χ0n) is 11.4. The van der Waals surface area contributed by atoms with E-state index in [9.17, 15) is 4.79 Å². The molecule has 1 aliphatic rings. The third-order valence-electron chi connectivity index (χ3n) is 3.88. The zero-order chi connectivity index (χ0) is 13.7. The summed E-state index contributed by atoms with van der Waals surface area (Å²) >= 11 is 0. The molecule has 1 saturated heterocycles. The van der Waals surface area contributed by atoms with E-state index in [1.807, 2.05) is 30.3 Å². The number of rotatable bonds is 5. The van der Waals surface area contributed by atoms with Gasteiger partial charge in [0.25, 0.3) is 0 Å². The van der Waals surface area contributed by atoms with Gasteiger partial charge in [-0.15, -0.1) is 0 Å². The summed E-state index contributed by atoms with van der Waals surface area (Å²) in [5.41, 5.74) is 6.80. The number of carbonyl (C=O) groups is 1. The second-order valence-electron chi connectivity index (χ2n) is 5.01. The summed E-state index contributed by atoms with van der Waals surface area (Å²) in [5.74, 6) is -0.396. The Bertz CT molecular complexity index is 408. The fourth-order valence-corrected chi connectivity index (χ4v) is 2.78. The Hall–Kier alpha value is -1.39. The van der Waals surface area contributed by atoms with Gasteiger partial charge in [-0.25, -0.2) is 0 Å². The van der Waals surface area contributed by atoms with Gasteiger partial charge in [0.15, 0.2) is 0 Å². The highest BCUT2D eigenvalue weighted by atomic mass is 16.5. The molecule has 0 aliphatic carbocycles. The van der Waals surface area contributed by atoms with E-state index in [2.05, 4.69) is 4.90 Å². The van der Waals surface area contributed by atoms with Crippen molar-refractivity contribution in [1.82, 2.24) is 4.90 Å². The van der Waals surface area contributed by atoms with Crippen LogP contribution in [0.25, 0.3) is 0 Å². The van der Waals surface area contributed by atoms with E-state index < -0.39 is 0 Å². The van der Waals surface area contributed by atoms with Crippen LogP contribution in [0.3, 0.4) is 0 Å². The van der Waals surface area contributed by atoms with Crippen LogP contribution in [0.5, 0.6) is 0 Å². The summed E-state index contributed by atoms with van der Waals surface area (Å²) in [4.78, 5) is 14.3. The summed E-state index contributed by atoms with van der Waals surface area (Å²) in [6, 6.07) is 10.2. The smallest absolute Gasteiger partial charge is 0.314 e. The quantitative estimate of drug-likeness (QED) is 0.814. The number of nitrogens with zero attached hydrogens (tertiary/aromatic N) is 1. The van der Waals surface area contributed by atoms with Crippen LogP contribution in [0.15, 0.2) is 30.3 Å². The van der Waals surface area contributed by atoms with E-state index in [0.29, 0.717) is 19.1 Å². The van der Waals surface area contributed by atoms with Crippen molar-refractivity contribution >= 4 is 5.97 Å². The van der Waals surface area contributed by atoms with Gasteiger partial charge >= 0.3 is 5.97 Å². The van der Waals surface area contributed by atoms with Crippen LogP contribution in [0.1, 0.15) is 24.3 Å². The highest BCUT2D eigenvalue weighted by Crippen LogP contribution is 2.24. The summed E-state index contributed by atoms with van der Waals surface area (Å²) in [7, 11) is 1.45. The van der Waals surface area contributed by atoms with Crippen LogP contribution >= 0.6 is 0 Å². The number of nitrogens with two attached hydrogens (primary N) is 1. The Morgan fingerprint density at radius 1 is 1.47 bits per heavy atom. The monoisotopic (exact) mass is 262 g/mol. The highest BCUT2D eigenvalue weighted by molar-refractivity contribution is 5.78. The van der Waals surface area contributed by atoms with Gasteiger partial charge in [0.2, 0.25) is 0 Å². The first-order valence-electron chi connectivity index (χ1n) is 6.83. The van der Waals surface area contributed by atoms with Gasteiger partial charge in [0.05, 0.1) is 13.0 Å². The molecule has 104 valence electrons. The van der Waals surface area contributed by atoms with Gasteiger partial charge in [-0.05, 0) is 24.9 Å². The second kappa shape index (κ2) is 6.68. The third-order valence-corrected chi connectivity index (χ3v) is 3.88. The maximum absolute atomic E-state index is 12.0. The van der Waals surface area contributed by atoms with Gasteiger partial charge in [0, 0.05) is 19.1 Å². The van der Waals surface area contributed by atoms with Crippen molar-refractivity contribution in [3.05, 3.63) is 35.9 Å². The Balaban J connectivity index is 2.13. The third kappa shape index (κ3) is 3.33. The van der Waals surface area contributed by atoms with Crippen molar-refractivity contribution in [1.29, 1.82) is 0 Å². The number of likely N-dealkylation sites (tertiary alicyclic amines) is 1. The van der Waals surface area contributed by atoms with E-state index in [-0.39, 0.29) is 11.9 Å². The normalized spacial score (nSPS) is 21.3. The first kappa shape index (κ1) is 14.0. The fourth-order valence-electron chi connectivity index (χ4n) is 2.78. The lowest BCUT2D eigenvalue weighted by atomic mass is 9.98. The Morgan fingerprint density at radius 2 is 2.21 bits per heavy atom. The summed E-state index contributed by atoms with van der Waals surface area (Å²) < 4.78 is 4.95. The van der Waals surface area contributed by atoms with Crippen LogP contribution < -0.4 is 5.73 Å². The van der Waals surface area contributed by atoms with Crippen LogP contribution in [0, 0.1) is 0 Å². The lowest BCUT2D eigenvalue weighted by molar-refractivity contribution is -0.143. The first-order valence-corrected chi connectivity index (χ1v) is 6.83. The molecule has 1 aliphatic heterocycles. The molecule has 0 spiro atoms. The topological polar surface area (TPSA) is 55.6 Å². The van der Waals surface area contributed by atoms with E-state index in [0.717, 1.165) is 24.9 Å². The molecule has 4 nitrogen and oxygen atoms in total. The van der Waals surface area contributed by atoms with Gasteiger partial charge in [0.1, 0.15) is 0 Å². The largest absolute Gasteiger partial charge is 0.469 e. The SMILES string of the molecule is COC(=O)C(CN1CCCC1CN)c1ccccc1. The van der Waals surface area contributed by atoms with Gasteiger partial charge in [-0.2, -0.15) is 0 Å². The van der Waals surface area contributed by atoms with Crippen molar-refractivity contribution in [2.45, 2.75) is 24.8 Å². The minimum Gasteiger partial charge on any atom is -0.469 e. The number of esters is 1. The first-order chi connectivity index (χ1) is 9.26. The van der Waals surface area contributed by atoms with Crippen molar-refractivity contribution in [3.8, 4) is 0 Å². The molecule has 0 radical (unpaired) electrons. The number of benzene rings is 1. The lowest BCUT2D eigenvalue weighted by Gasteiger charge is -2.27. The predicted molar refractivity (Wildman–Crippen MR) is 74.8 cm³/mol. The summed E-state index contributed by atoms with van der Waals surface area (Å²) in [5, 5.41) is 0. The van der Waals surface area contributed by atoms with Crippen molar-refractivity contribution in [2.24, 2.45) is 5.73 Å². The lowest BCUT2D eigenvalue weighted by Crippen LogP contribution is -2.39.